The summed E-state index contributed by atoms with van der Waals surface area (Å²) in [5, 5.41) is 2.31. The van der Waals surface area contributed by atoms with Crippen LogP contribution in [0.15, 0.2) is 53.9 Å². The molecule has 0 bridgehead atoms. The molecular formula is C20H18FN3O3S. The summed E-state index contributed by atoms with van der Waals surface area (Å²) in [5.41, 5.74) is 6.77. The first-order valence-electron chi connectivity index (χ1n) is 8.48. The van der Waals surface area contributed by atoms with Gasteiger partial charge in [0, 0.05) is 10.9 Å². The Labute approximate surface area is 165 Å². The van der Waals surface area contributed by atoms with Crippen molar-refractivity contribution in [1.82, 2.24) is 15.8 Å². The highest BCUT2D eigenvalue weighted by Gasteiger charge is 2.18. The molecule has 1 heterocycles. The summed E-state index contributed by atoms with van der Waals surface area (Å²) in [4.78, 5) is 28.5. The number of aromatic nitrogens is 1. The van der Waals surface area contributed by atoms with Gasteiger partial charge in [0.15, 0.2) is 17.7 Å². The number of ether oxygens (including phenoxy) is 1. The molecule has 0 saturated carbocycles. The number of hydrogen-bond acceptors (Lipinski definition) is 5. The molecule has 1 unspecified atom stereocenters. The Bertz CT molecular complexity index is 988. The van der Waals surface area contributed by atoms with Crippen molar-refractivity contribution >= 4 is 23.2 Å². The number of para-hydroxylation sites is 1. The van der Waals surface area contributed by atoms with Gasteiger partial charge in [-0.3, -0.25) is 20.4 Å². The molecule has 0 aliphatic heterocycles. The molecule has 0 aliphatic rings. The van der Waals surface area contributed by atoms with Crippen molar-refractivity contribution in [3.63, 3.8) is 0 Å². The minimum Gasteiger partial charge on any atom is -0.478 e. The quantitative estimate of drug-likeness (QED) is 0.644. The molecule has 0 fully saturated rings. The van der Waals surface area contributed by atoms with E-state index < -0.39 is 23.7 Å². The maximum absolute atomic E-state index is 13.6. The Morgan fingerprint density at radius 2 is 1.82 bits per heavy atom. The second-order valence-corrected chi connectivity index (χ2v) is 6.90. The summed E-state index contributed by atoms with van der Waals surface area (Å²) in [6, 6.07) is 13.6. The van der Waals surface area contributed by atoms with Crippen molar-refractivity contribution in [2.75, 3.05) is 0 Å². The predicted octanol–water partition coefficient (Wildman–Crippen LogP) is 3.49. The lowest BCUT2D eigenvalue weighted by Crippen LogP contribution is -2.47. The van der Waals surface area contributed by atoms with E-state index in [1.54, 1.807) is 11.4 Å². The van der Waals surface area contributed by atoms with Crippen LogP contribution in [0.25, 0.3) is 10.6 Å². The van der Waals surface area contributed by atoms with E-state index in [1.165, 1.54) is 36.5 Å². The van der Waals surface area contributed by atoms with Gasteiger partial charge in [-0.25, -0.2) is 9.37 Å². The van der Waals surface area contributed by atoms with Crippen LogP contribution in [-0.4, -0.2) is 22.9 Å². The third-order valence-corrected chi connectivity index (χ3v) is 4.74. The molecule has 6 nitrogen and oxygen atoms in total. The molecule has 3 rings (SSSR count). The lowest BCUT2D eigenvalue weighted by Gasteiger charge is -2.15. The fraction of sp³-hybridized carbons (Fsp3) is 0.150. The summed E-state index contributed by atoms with van der Waals surface area (Å²) >= 11 is 1.33. The highest BCUT2D eigenvalue weighted by atomic mass is 32.1. The van der Waals surface area contributed by atoms with E-state index in [4.69, 9.17) is 4.74 Å². The van der Waals surface area contributed by atoms with Crippen molar-refractivity contribution < 1.29 is 18.7 Å². The van der Waals surface area contributed by atoms with Gasteiger partial charge in [0.2, 0.25) is 0 Å². The number of carbonyl (C=O) groups excluding carboxylic acids is 2. The SMILES string of the molecule is Cc1ccc(-c2nc(C(=O)NNC(=O)C(C)Oc3ccccc3F)cs2)cc1. The first-order valence-corrected chi connectivity index (χ1v) is 9.36. The number of benzene rings is 2. The summed E-state index contributed by atoms with van der Waals surface area (Å²) in [6.07, 6.45) is -1.00. The normalized spacial score (nSPS) is 11.5. The minimum atomic E-state index is -1.00. The van der Waals surface area contributed by atoms with Crippen LogP contribution in [0.3, 0.4) is 0 Å². The third kappa shape index (κ3) is 4.72. The Balaban J connectivity index is 1.55. The number of amides is 2. The standard InChI is InChI=1S/C20H18FN3O3S/c1-12-7-9-14(10-8-12)20-22-16(11-28-20)19(26)24-23-18(25)13(2)27-17-6-4-3-5-15(17)21/h3-11,13H,1-2H3,(H,23,25)(H,24,26). The summed E-state index contributed by atoms with van der Waals surface area (Å²) in [7, 11) is 0. The maximum atomic E-state index is 13.6. The molecule has 2 N–H and O–H groups in total. The van der Waals surface area contributed by atoms with Crippen LogP contribution in [0.4, 0.5) is 4.39 Å². The second-order valence-electron chi connectivity index (χ2n) is 6.04. The third-order valence-electron chi connectivity index (χ3n) is 3.84. The molecule has 1 atom stereocenters. The number of nitrogens with zero attached hydrogens (tertiary/aromatic N) is 1. The molecule has 0 saturated heterocycles. The van der Waals surface area contributed by atoms with Crippen molar-refractivity contribution in [3.05, 3.63) is 71.0 Å². The number of hydrazine groups is 1. The molecule has 2 amide bonds. The molecule has 28 heavy (non-hydrogen) atoms. The van der Waals surface area contributed by atoms with Crippen molar-refractivity contribution in [3.8, 4) is 16.3 Å². The van der Waals surface area contributed by atoms with Crippen molar-refractivity contribution in [1.29, 1.82) is 0 Å². The van der Waals surface area contributed by atoms with Gasteiger partial charge in [0.25, 0.3) is 11.8 Å². The Morgan fingerprint density at radius 1 is 1.11 bits per heavy atom. The molecule has 3 aromatic rings. The lowest BCUT2D eigenvalue weighted by atomic mass is 10.2. The zero-order valence-corrected chi connectivity index (χ0v) is 16.0. The average Bonchev–Trinajstić information content (AvgIpc) is 3.18. The first kappa shape index (κ1) is 19.5. The fourth-order valence-electron chi connectivity index (χ4n) is 2.28. The lowest BCUT2D eigenvalue weighted by molar-refractivity contribution is -0.128. The van der Waals surface area contributed by atoms with Gasteiger partial charge in [0.05, 0.1) is 0 Å². The summed E-state index contributed by atoms with van der Waals surface area (Å²) in [5.74, 6) is -1.79. The van der Waals surface area contributed by atoms with Crippen molar-refractivity contribution in [2.24, 2.45) is 0 Å². The zero-order chi connectivity index (χ0) is 20.1. The van der Waals surface area contributed by atoms with E-state index in [-0.39, 0.29) is 11.4 Å². The van der Waals surface area contributed by atoms with Crippen LogP contribution < -0.4 is 15.6 Å². The number of nitrogens with one attached hydrogen (secondary N) is 2. The van der Waals surface area contributed by atoms with E-state index in [2.05, 4.69) is 15.8 Å². The van der Waals surface area contributed by atoms with Crippen LogP contribution >= 0.6 is 11.3 Å². The Hall–Kier alpha value is -3.26. The smallest absolute Gasteiger partial charge is 0.289 e. The van der Waals surface area contributed by atoms with Crippen LogP contribution in [0, 0.1) is 12.7 Å². The molecule has 2 aromatic carbocycles. The first-order chi connectivity index (χ1) is 13.4. The van der Waals surface area contributed by atoms with Crippen LogP contribution in [0.2, 0.25) is 0 Å². The molecule has 1 aromatic heterocycles. The largest absolute Gasteiger partial charge is 0.478 e. The Morgan fingerprint density at radius 3 is 2.54 bits per heavy atom. The van der Waals surface area contributed by atoms with E-state index in [9.17, 15) is 14.0 Å². The van der Waals surface area contributed by atoms with Crippen LogP contribution in [-0.2, 0) is 4.79 Å². The number of aryl methyl sites for hydroxylation is 1. The summed E-state index contributed by atoms with van der Waals surface area (Å²) in [6.45, 7) is 3.44. The van der Waals surface area contributed by atoms with Gasteiger partial charge in [-0.05, 0) is 26.0 Å². The average molecular weight is 399 g/mol. The fourth-order valence-corrected chi connectivity index (χ4v) is 3.08. The zero-order valence-electron chi connectivity index (χ0n) is 15.2. The highest BCUT2D eigenvalue weighted by Crippen LogP contribution is 2.24. The van der Waals surface area contributed by atoms with Gasteiger partial charge in [-0.2, -0.15) is 0 Å². The molecular weight excluding hydrogens is 381 g/mol. The van der Waals surface area contributed by atoms with Crippen molar-refractivity contribution in [2.45, 2.75) is 20.0 Å². The van der Waals surface area contributed by atoms with E-state index >= 15 is 0 Å². The monoisotopic (exact) mass is 399 g/mol. The predicted molar refractivity (Wildman–Crippen MR) is 104 cm³/mol. The minimum absolute atomic E-state index is 0.0429. The van der Waals surface area contributed by atoms with E-state index in [1.807, 2.05) is 31.2 Å². The number of carbonyl (C=O) groups is 2. The maximum Gasteiger partial charge on any atom is 0.289 e. The Kier molecular flexibility index (Phi) is 6.00. The second kappa shape index (κ2) is 8.62. The van der Waals surface area contributed by atoms with Gasteiger partial charge in [0.1, 0.15) is 10.7 Å². The van der Waals surface area contributed by atoms with Crippen LogP contribution in [0.1, 0.15) is 23.0 Å². The number of thiazole rings is 1. The van der Waals surface area contributed by atoms with Gasteiger partial charge in [-0.1, -0.05) is 42.0 Å². The van der Waals surface area contributed by atoms with E-state index in [0.717, 1.165) is 11.1 Å². The molecule has 0 radical (unpaired) electrons. The highest BCUT2D eigenvalue weighted by molar-refractivity contribution is 7.13. The number of hydrogen-bond donors (Lipinski definition) is 2. The van der Waals surface area contributed by atoms with Gasteiger partial charge < -0.3 is 4.74 Å². The molecule has 144 valence electrons. The van der Waals surface area contributed by atoms with Crippen LogP contribution in [0.5, 0.6) is 5.75 Å². The van der Waals surface area contributed by atoms with Gasteiger partial charge in [-0.15, -0.1) is 11.3 Å². The molecule has 0 aliphatic carbocycles. The summed E-state index contributed by atoms with van der Waals surface area (Å²) < 4.78 is 18.8. The van der Waals surface area contributed by atoms with Gasteiger partial charge >= 0.3 is 0 Å². The number of rotatable bonds is 5. The molecule has 8 heteroatoms. The number of halogens is 1. The van der Waals surface area contributed by atoms with E-state index in [0.29, 0.717) is 5.01 Å². The topological polar surface area (TPSA) is 80.3 Å². The molecule has 0 spiro atoms.